The number of rotatable bonds is 10. The monoisotopic (exact) mass is 381 g/mol. The molecule has 1 aromatic rings. The number of nitrogens with one attached hydrogen (secondary N) is 2. The highest BCUT2D eigenvalue weighted by Crippen LogP contribution is 2.21. The zero-order chi connectivity index (χ0) is 19.5. The fourth-order valence-corrected chi connectivity index (χ4v) is 2.88. The molecule has 1 heterocycles. The van der Waals surface area contributed by atoms with Gasteiger partial charge in [-0.1, -0.05) is 6.07 Å². The van der Waals surface area contributed by atoms with Crippen LogP contribution >= 0.6 is 0 Å². The molecule has 0 amide bonds. The van der Waals surface area contributed by atoms with Crippen LogP contribution in [-0.2, 0) is 9.47 Å². The maximum atomic E-state index is 13.9. The third-order valence-corrected chi connectivity index (χ3v) is 4.47. The van der Waals surface area contributed by atoms with Crippen molar-refractivity contribution < 1.29 is 18.6 Å². The molecular formula is C20H32FN3O3. The van der Waals surface area contributed by atoms with Crippen LogP contribution in [0.25, 0.3) is 0 Å². The average Bonchev–Trinajstić information content (AvgIpc) is 3.18. The summed E-state index contributed by atoms with van der Waals surface area (Å²) >= 11 is 0. The molecule has 1 aromatic carbocycles. The fraction of sp³-hybridized carbons (Fsp3) is 0.650. The van der Waals surface area contributed by atoms with Crippen LogP contribution in [-0.4, -0.2) is 52.6 Å². The second-order valence-corrected chi connectivity index (χ2v) is 6.68. The largest absolute Gasteiger partial charge is 0.494 e. The lowest BCUT2D eigenvalue weighted by atomic mass is 10.1. The van der Waals surface area contributed by atoms with Crippen LogP contribution in [0.5, 0.6) is 5.75 Å². The Morgan fingerprint density at radius 1 is 1.44 bits per heavy atom. The molecule has 2 unspecified atom stereocenters. The topological polar surface area (TPSA) is 64.1 Å². The van der Waals surface area contributed by atoms with Crippen LogP contribution in [0.2, 0.25) is 0 Å². The molecule has 6 nitrogen and oxygen atoms in total. The first-order valence-corrected chi connectivity index (χ1v) is 9.67. The second-order valence-electron chi connectivity index (χ2n) is 6.68. The fourth-order valence-electron chi connectivity index (χ4n) is 2.88. The van der Waals surface area contributed by atoms with E-state index in [-0.39, 0.29) is 17.6 Å². The van der Waals surface area contributed by atoms with Crippen molar-refractivity contribution in [3.63, 3.8) is 0 Å². The molecule has 0 aliphatic carbocycles. The maximum Gasteiger partial charge on any atom is 0.191 e. The van der Waals surface area contributed by atoms with E-state index in [1.165, 1.54) is 13.2 Å². The summed E-state index contributed by atoms with van der Waals surface area (Å²) in [6.45, 7) is 8.54. The van der Waals surface area contributed by atoms with E-state index in [0.29, 0.717) is 25.0 Å². The van der Waals surface area contributed by atoms with Gasteiger partial charge in [0.05, 0.1) is 26.4 Å². The average molecular weight is 381 g/mol. The smallest absolute Gasteiger partial charge is 0.191 e. The Bertz CT molecular complexity index is 592. The van der Waals surface area contributed by atoms with Gasteiger partial charge in [-0.3, -0.25) is 4.99 Å². The number of methoxy groups -OCH3 is 1. The van der Waals surface area contributed by atoms with Crippen molar-refractivity contribution in [1.29, 1.82) is 0 Å². The van der Waals surface area contributed by atoms with Gasteiger partial charge in [-0.15, -0.1) is 0 Å². The minimum atomic E-state index is -0.365. The number of hydrogen-bond donors (Lipinski definition) is 2. The van der Waals surface area contributed by atoms with Crippen molar-refractivity contribution in [2.45, 2.75) is 32.7 Å². The number of ether oxygens (including phenoxy) is 3. The first-order valence-electron chi connectivity index (χ1n) is 9.67. The molecular weight excluding hydrogens is 349 g/mol. The van der Waals surface area contributed by atoms with Crippen molar-refractivity contribution in [2.75, 3.05) is 46.6 Å². The van der Waals surface area contributed by atoms with E-state index >= 15 is 0 Å². The Morgan fingerprint density at radius 3 is 2.96 bits per heavy atom. The van der Waals surface area contributed by atoms with E-state index in [0.717, 1.165) is 44.8 Å². The lowest BCUT2D eigenvalue weighted by Gasteiger charge is -2.18. The van der Waals surface area contributed by atoms with Gasteiger partial charge < -0.3 is 24.8 Å². The van der Waals surface area contributed by atoms with E-state index in [1.54, 1.807) is 6.07 Å². The van der Waals surface area contributed by atoms with Gasteiger partial charge in [0.1, 0.15) is 0 Å². The van der Waals surface area contributed by atoms with Gasteiger partial charge in [0.2, 0.25) is 0 Å². The van der Waals surface area contributed by atoms with E-state index < -0.39 is 0 Å². The Labute approximate surface area is 161 Å². The van der Waals surface area contributed by atoms with Gasteiger partial charge in [-0.05, 0) is 44.4 Å². The molecule has 0 bridgehead atoms. The van der Waals surface area contributed by atoms with Crippen LogP contribution in [0.4, 0.5) is 4.39 Å². The molecule has 2 N–H and O–H groups in total. The van der Waals surface area contributed by atoms with Crippen molar-refractivity contribution in [3.8, 4) is 5.75 Å². The lowest BCUT2D eigenvalue weighted by molar-refractivity contribution is 0.0893. The third-order valence-electron chi connectivity index (χ3n) is 4.47. The zero-order valence-electron chi connectivity index (χ0n) is 16.6. The maximum absolute atomic E-state index is 13.9. The molecule has 1 fully saturated rings. The predicted molar refractivity (Wildman–Crippen MR) is 105 cm³/mol. The summed E-state index contributed by atoms with van der Waals surface area (Å²) in [6.07, 6.45) is 1.95. The number of guanidine groups is 1. The van der Waals surface area contributed by atoms with Crippen molar-refractivity contribution in [3.05, 3.63) is 29.6 Å². The van der Waals surface area contributed by atoms with Gasteiger partial charge in [-0.25, -0.2) is 4.39 Å². The van der Waals surface area contributed by atoms with E-state index in [2.05, 4.69) is 15.6 Å². The van der Waals surface area contributed by atoms with Crippen LogP contribution in [0.15, 0.2) is 23.2 Å². The van der Waals surface area contributed by atoms with Crippen LogP contribution < -0.4 is 15.4 Å². The lowest BCUT2D eigenvalue weighted by Crippen LogP contribution is -2.38. The third kappa shape index (κ3) is 7.34. The van der Waals surface area contributed by atoms with Gasteiger partial charge >= 0.3 is 0 Å². The second kappa shape index (κ2) is 11.8. The highest BCUT2D eigenvalue weighted by Gasteiger charge is 2.15. The summed E-state index contributed by atoms with van der Waals surface area (Å²) in [7, 11) is 1.46. The predicted octanol–water partition coefficient (Wildman–Crippen LogP) is 2.89. The summed E-state index contributed by atoms with van der Waals surface area (Å²) in [5.74, 6) is 1.13. The Hall–Kier alpha value is -1.86. The number of aliphatic imine (C=N–C) groups is 1. The molecule has 2 rings (SSSR count). The Morgan fingerprint density at radius 2 is 2.30 bits per heavy atom. The van der Waals surface area contributed by atoms with E-state index in [4.69, 9.17) is 14.2 Å². The molecule has 7 heteroatoms. The molecule has 2 atom stereocenters. The number of benzene rings is 1. The Balaban J connectivity index is 1.77. The molecule has 0 spiro atoms. The first kappa shape index (κ1) is 21.4. The summed E-state index contributed by atoms with van der Waals surface area (Å²) in [4.78, 5) is 4.58. The van der Waals surface area contributed by atoms with E-state index in [9.17, 15) is 4.39 Å². The summed E-state index contributed by atoms with van der Waals surface area (Å²) in [5.41, 5.74) is 0.834. The van der Waals surface area contributed by atoms with Gasteiger partial charge in [-0.2, -0.15) is 0 Å². The van der Waals surface area contributed by atoms with Crippen LogP contribution in [0.1, 0.15) is 38.3 Å². The minimum absolute atomic E-state index is 0.0816. The van der Waals surface area contributed by atoms with Crippen molar-refractivity contribution in [2.24, 2.45) is 10.9 Å². The highest BCUT2D eigenvalue weighted by molar-refractivity contribution is 5.80. The van der Waals surface area contributed by atoms with Crippen LogP contribution in [0, 0.1) is 11.7 Å². The molecule has 0 saturated carbocycles. The molecule has 0 aromatic heterocycles. The van der Waals surface area contributed by atoms with Gasteiger partial charge in [0.25, 0.3) is 0 Å². The quantitative estimate of drug-likeness (QED) is 0.371. The SMILES string of the molecule is CCNC(=NCCCOCC1CCOC1)NC(C)c1ccc(OC)c(F)c1. The van der Waals surface area contributed by atoms with Crippen LogP contribution in [0.3, 0.4) is 0 Å². The number of nitrogens with zero attached hydrogens (tertiary/aromatic N) is 1. The Kier molecular flexibility index (Phi) is 9.35. The molecule has 1 saturated heterocycles. The first-order chi connectivity index (χ1) is 13.1. The molecule has 152 valence electrons. The molecule has 27 heavy (non-hydrogen) atoms. The minimum Gasteiger partial charge on any atom is -0.494 e. The van der Waals surface area contributed by atoms with E-state index in [1.807, 2.05) is 19.9 Å². The molecule has 0 radical (unpaired) electrons. The molecule has 1 aliphatic heterocycles. The standard InChI is InChI=1S/C20H32FN3O3/c1-4-22-20(23-9-5-10-26-13-16-8-11-27-14-16)24-15(2)17-6-7-19(25-3)18(21)12-17/h6-7,12,15-16H,4-5,8-11,13-14H2,1-3H3,(H2,22,23,24). The molecule has 1 aliphatic rings. The van der Waals surface area contributed by atoms with Crippen molar-refractivity contribution in [1.82, 2.24) is 10.6 Å². The summed E-state index contributed by atoms with van der Waals surface area (Å²) in [6, 6.07) is 4.89. The zero-order valence-corrected chi connectivity index (χ0v) is 16.6. The van der Waals surface area contributed by atoms with Gasteiger partial charge in [0.15, 0.2) is 17.5 Å². The van der Waals surface area contributed by atoms with Crippen molar-refractivity contribution >= 4 is 5.96 Å². The highest BCUT2D eigenvalue weighted by atomic mass is 19.1. The van der Waals surface area contributed by atoms with Gasteiger partial charge in [0, 0.05) is 32.2 Å². The summed E-state index contributed by atoms with van der Waals surface area (Å²) < 4.78 is 29.9. The normalized spacial score (nSPS) is 18.4. The number of hydrogen-bond acceptors (Lipinski definition) is 4. The number of halogens is 1. The summed E-state index contributed by atoms with van der Waals surface area (Å²) in [5, 5.41) is 6.53.